The van der Waals surface area contributed by atoms with E-state index in [0.29, 0.717) is 0 Å². The van der Waals surface area contributed by atoms with Crippen LogP contribution in [0.1, 0.15) is 207 Å². The van der Waals surface area contributed by atoms with Crippen LogP contribution >= 0.6 is 0 Å². The van der Waals surface area contributed by atoms with Crippen molar-refractivity contribution in [2.45, 2.75) is 218 Å². The van der Waals surface area contributed by atoms with Crippen molar-refractivity contribution in [3.8, 4) is 16.9 Å². The number of anilines is 6. The normalized spacial score (nSPS) is 27.2. The van der Waals surface area contributed by atoms with Gasteiger partial charge in [0.25, 0.3) is 6.71 Å². The minimum atomic E-state index is -0.151. The van der Waals surface area contributed by atoms with Crippen molar-refractivity contribution in [3.05, 3.63) is 171 Å². The molecule has 406 valence electrons. The SMILES string of the molecule is CC(C)(C)c1ccc(N2C3=CC4Oc5ccc(C(C)(C)C)cc5C4C=C3B3c4cc(C(C)(C)C)cc5c4N(c4cc(N6c7ccc(C(C)(C)C)cc7C7(C)CCCCC67C)cc2c43)C2(C)CCCCC52C)c(-c2ccccc2)c1. The van der Waals surface area contributed by atoms with Gasteiger partial charge >= 0.3 is 0 Å². The Kier molecular flexibility index (Phi) is 10.6. The molecule has 3 aliphatic carbocycles. The quantitative estimate of drug-likeness (QED) is 0.164. The van der Waals surface area contributed by atoms with Gasteiger partial charge in [0.15, 0.2) is 0 Å². The number of hydrogen-bond donors (Lipinski definition) is 0. The summed E-state index contributed by atoms with van der Waals surface area (Å²) in [4.78, 5) is 8.62. The van der Waals surface area contributed by atoms with Crippen LogP contribution in [-0.4, -0.2) is 23.9 Å². The van der Waals surface area contributed by atoms with Gasteiger partial charge in [0.2, 0.25) is 0 Å². The van der Waals surface area contributed by atoms with Crippen LogP contribution in [0.25, 0.3) is 11.1 Å². The predicted octanol–water partition coefficient (Wildman–Crippen LogP) is 18.0. The largest absolute Gasteiger partial charge is 0.485 e. The van der Waals surface area contributed by atoms with Crippen molar-refractivity contribution >= 4 is 51.8 Å². The predicted molar refractivity (Wildman–Crippen MR) is 336 cm³/mol. The lowest BCUT2D eigenvalue weighted by molar-refractivity contribution is 0.194. The van der Waals surface area contributed by atoms with Crippen LogP contribution in [0.3, 0.4) is 0 Å². The lowest BCUT2D eigenvalue weighted by Gasteiger charge is -2.54. The molecule has 0 aromatic heterocycles. The zero-order chi connectivity index (χ0) is 55.5. The highest BCUT2D eigenvalue weighted by Crippen LogP contribution is 2.66. The molecule has 0 bridgehead atoms. The molecule has 5 aliphatic heterocycles. The standard InChI is InChI=1S/C74H86BN3O/c1-67(2,3)46-26-29-58(51(36-46)45-24-18-17-19-25-45)76-60-44-64-53(52-37-47(68(4,5)6)28-31-63(52)79-64)43-56(60)75-57-40-49(70(10,11)12)39-55-66(57)78(74(16)35-23-21-33-72(55,74)14)62-42-50(41-61(76)65(62)75)77-59-30-27-48(69(7,8)9)38-54(59)71(13)32-20-22-34-73(71,77)15/h17-19,24-31,36-44,53,64H,20-23,32-35H2,1-16H3. The third kappa shape index (κ3) is 6.98. The van der Waals surface area contributed by atoms with Crippen LogP contribution in [0.4, 0.5) is 34.1 Å². The minimum Gasteiger partial charge on any atom is -0.485 e. The topological polar surface area (TPSA) is 19.0 Å². The summed E-state index contributed by atoms with van der Waals surface area (Å²) in [6.07, 6.45) is 14.8. The van der Waals surface area contributed by atoms with E-state index in [4.69, 9.17) is 4.74 Å². The van der Waals surface area contributed by atoms with E-state index in [1.165, 1.54) is 139 Å². The Morgan fingerprint density at radius 1 is 0.506 bits per heavy atom. The maximum Gasteiger partial charge on any atom is 0.251 e. The summed E-state index contributed by atoms with van der Waals surface area (Å²) >= 11 is 0. The van der Waals surface area contributed by atoms with Crippen molar-refractivity contribution in [2.75, 3.05) is 14.7 Å². The maximum atomic E-state index is 7.25. The summed E-state index contributed by atoms with van der Waals surface area (Å²) < 4.78 is 7.25. The Bertz CT molecular complexity index is 3650. The molecule has 6 aromatic carbocycles. The summed E-state index contributed by atoms with van der Waals surface area (Å²) in [5.74, 6) is 1.10. The molecule has 0 radical (unpaired) electrons. The van der Waals surface area contributed by atoms with E-state index in [2.05, 4.69) is 247 Å². The van der Waals surface area contributed by atoms with Crippen LogP contribution < -0.4 is 30.4 Å². The second kappa shape index (κ2) is 16.4. The molecule has 4 nitrogen and oxygen atoms in total. The molecule has 79 heavy (non-hydrogen) atoms. The van der Waals surface area contributed by atoms with Gasteiger partial charge in [-0.3, -0.25) is 0 Å². The number of ether oxygens (including phenoxy) is 1. The molecule has 0 amide bonds. The van der Waals surface area contributed by atoms with Crippen molar-refractivity contribution < 1.29 is 4.74 Å². The van der Waals surface area contributed by atoms with Crippen LogP contribution in [0.2, 0.25) is 0 Å². The second-order valence-electron chi connectivity index (χ2n) is 30.8. The van der Waals surface area contributed by atoms with E-state index in [-0.39, 0.29) is 62.3 Å². The molecule has 0 N–H and O–H groups in total. The molecule has 8 aliphatic rings. The molecule has 6 unspecified atom stereocenters. The second-order valence-corrected chi connectivity index (χ2v) is 30.8. The lowest BCUT2D eigenvalue weighted by Crippen LogP contribution is -2.62. The molecule has 2 saturated carbocycles. The fourth-order valence-corrected chi connectivity index (χ4v) is 16.9. The van der Waals surface area contributed by atoms with Gasteiger partial charge in [-0.15, -0.1) is 0 Å². The first-order valence-electron chi connectivity index (χ1n) is 30.5. The molecular weight excluding hydrogens is 958 g/mol. The van der Waals surface area contributed by atoms with Gasteiger partial charge in [-0.2, -0.15) is 0 Å². The number of allylic oxidation sites excluding steroid dienone is 1. The Morgan fingerprint density at radius 2 is 1.06 bits per heavy atom. The zero-order valence-electron chi connectivity index (χ0n) is 50.7. The molecular formula is C74H86BN3O. The average Bonchev–Trinajstić information content (AvgIpc) is 1.88. The monoisotopic (exact) mass is 1040 g/mol. The van der Waals surface area contributed by atoms with Gasteiger partial charge in [-0.05, 0) is 159 Å². The summed E-state index contributed by atoms with van der Waals surface area (Å²) in [5, 5.41) is 0. The van der Waals surface area contributed by atoms with Gasteiger partial charge in [0, 0.05) is 62.0 Å². The fraction of sp³-hybridized carbons (Fsp3) is 0.459. The molecule has 2 fully saturated rings. The number of hydrogen-bond acceptors (Lipinski definition) is 4. The lowest BCUT2D eigenvalue weighted by atomic mass is 9.31. The van der Waals surface area contributed by atoms with Gasteiger partial charge in [-0.25, -0.2) is 0 Å². The number of fused-ring (bicyclic) bond motifs is 13. The van der Waals surface area contributed by atoms with Crippen LogP contribution in [0, 0.1) is 0 Å². The van der Waals surface area contributed by atoms with Gasteiger partial charge < -0.3 is 19.4 Å². The Morgan fingerprint density at radius 3 is 1.72 bits per heavy atom. The first-order valence-corrected chi connectivity index (χ1v) is 30.5. The van der Waals surface area contributed by atoms with Crippen LogP contribution in [0.5, 0.6) is 5.75 Å². The summed E-state index contributed by atoms with van der Waals surface area (Å²) in [6.45, 7) is 39.2. The van der Waals surface area contributed by atoms with E-state index >= 15 is 0 Å². The Hall–Kier alpha value is -5.94. The minimum absolute atomic E-state index is 0.00164. The van der Waals surface area contributed by atoms with E-state index in [9.17, 15) is 0 Å². The Labute approximate surface area is 474 Å². The van der Waals surface area contributed by atoms with E-state index in [1.807, 2.05) is 0 Å². The summed E-state index contributed by atoms with van der Waals surface area (Å²) in [5.41, 5.74) is 25.8. The highest BCUT2D eigenvalue weighted by molar-refractivity contribution is 6.96. The third-order valence-electron chi connectivity index (χ3n) is 22.1. The zero-order valence-corrected chi connectivity index (χ0v) is 50.7. The molecule has 14 rings (SSSR count). The van der Waals surface area contributed by atoms with E-state index in [1.54, 1.807) is 5.56 Å². The van der Waals surface area contributed by atoms with E-state index in [0.717, 1.165) is 18.6 Å². The summed E-state index contributed by atoms with van der Waals surface area (Å²) in [7, 11) is 0. The number of rotatable bonds is 3. The highest BCUT2D eigenvalue weighted by atomic mass is 16.5. The van der Waals surface area contributed by atoms with Crippen LogP contribution in [-0.2, 0) is 32.5 Å². The summed E-state index contributed by atoms with van der Waals surface area (Å²) in [6, 6.07) is 44.1. The van der Waals surface area contributed by atoms with Gasteiger partial charge in [0.05, 0.1) is 16.8 Å². The molecule has 6 aromatic rings. The first kappa shape index (κ1) is 51.2. The van der Waals surface area contributed by atoms with Crippen molar-refractivity contribution in [1.82, 2.24) is 0 Å². The maximum absolute atomic E-state index is 7.25. The molecule has 6 atom stereocenters. The first-order chi connectivity index (χ1) is 37.2. The van der Waals surface area contributed by atoms with Crippen molar-refractivity contribution in [2.24, 2.45) is 0 Å². The third-order valence-corrected chi connectivity index (χ3v) is 22.1. The smallest absolute Gasteiger partial charge is 0.251 e. The van der Waals surface area contributed by atoms with E-state index < -0.39 is 0 Å². The average molecular weight is 1040 g/mol. The van der Waals surface area contributed by atoms with Crippen molar-refractivity contribution in [1.29, 1.82) is 0 Å². The van der Waals surface area contributed by atoms with Gasteiger partial charge in [0.1, 0.15) is 11.9 Å². The Balaban J connectivity index is 1.13. The molecule has 0 spiro atoms. The molecule has 5 heterocycles. The highest BCUT2D eigenvalue weighted by Gasteiger charge is 2.64. The number of benzene rings is 6. The molecule has 5 heteroatoms. The van der Waals surface area contributed by atoms with Crippen LogP contribution in [0.15, 0.2) is 133 Å². The molecule has 0 saturated heterocycles. The van der Waals surface area contributed by atoms with Gasteiger partial charge in [-0.1, -0.05) is 201 Å². The van der Waals surface area contributed by atoms with Crippen molar-refractivity contribution in [3.63, 3.8) is 0 Å². The number of nitrogens with zero attached hydrogens (tertiary/aromatic N) is 3. The fourth-order valence-electron chi connectivity index (χ4n) is 16.9.